The third-order valence-corrected chi connectivity index (χ3v) is 9.48. The standard InChI is InChI=1S/C31H29N5O3S/c37-27-9-8-25(29(38)34-27)36-17-22-14-19(6-7-23(22)31(36)39)16-35-12-10-21(11-13-35)28-24-15-26(20-4-2-1-3-5-20)40-30(24)33-18-32-28/h1-7,14-15,18,21,25H,8-13,16-17H2,(H,34,37,38). The lowest BCUT2D eigenvalue weighted by Crippen LogP contribution is -2.52. The number of piperidine rings is 2. The van der Waals surface area contributed by atoms with Crippen molar-refractivity contribution in [2.75, 3.05) is 13.1 Å². The summed E-state index contributed by atoms with van der Waals surface area (Å²) in [5, 5.41) is 3.54. The van der Waals surface area contributed by atoms with Crippen LogP contribution in [-0.2, 0) is 22.7 Å². The van der Waals surface area contributed by atoms with Gasteiger partial charge in [-0.25, -0.2) is 9.97 Å². The number of carbonyl (C=O) groups excluding carboxylic acids is 3. The molecule has 0 saturated carbocycles. The fourth-order valence-corrected chi connectivity index (χ4v) is 7.31. The van der Waals surface area contributed by atoms with Gasteiger partial charge in [0.25, 0.3) is 5.91 Å². The average Bonchev–Trinajstić information content (AvgIpc) is 3.55. The molecule has 8 nitrogen and oxygen atoms in total. The van der Waals surface area contributed by atoms with Crippen LogP contribution in [-0.4, -0.2) is 56.6 Å². The molecule has 1 unspecified atom stereocenters. The number of fused-ring (bicyclic) bond motifs is 2. The minimum Gasteiger partial charge on any atom is -0.322 e. The molecule has 9 heteroatoms. The van der Waals surface area contributed by atoms with E-state index in [-0.39, 0.29) is 24.1 Å². The predicted molar refractivity (Wildman–Crippen MR) is 153 cm³/mol. The predicted octanol–water partition coefficient (Wildman–Crippen LogP) is 4.50. The number of hydrogen-bond acceptors (Lipinski definition) is 7. The van der Waals surface area contributed by atoms with Crippen molar-refractivity contribution in [3.8, 4) is 10.4 Å². The van der Waals surface area contributed by atoms with Crippen LogP contribution < -0.4 is 5.32 Å². The highest BCUT2D eigenvalue weighted by molar-refractivity contribution is 7.21. The van der Waals surface area contributed by atoms with E-state index in [9.17, 15) is 14.4 Å². The zero-order valence-corrected chi connectivity index (χ0v) is 22.8. The van der Waals surface area contributed by atoms with E-state index in [1.807, 2.05) is 18.2 Å². The van der Waals surface area contributed by atoms with Gasteiger partial charge in [0.05, 0.1) is 5.69 Å². The van der Waals surface area contributed by atoms with Crippen LogP contribution in [0.1, 0.15) is 58.8 Å². The number of carbonyl (C=O) groups is 3. The summed E-state index contributed by atoms with van der Waals surface area (Å²) in [4.78, 5) is 52.5. The minimum atomic E-state index is -0.583. The summed E-state index contributed by atoms with van der Waals surface area (Å²) in [5.41, 5.74) is 5.16. The summed E-state index contributed by atoms with van der Waals surface area (Å²) in [6.07, 6.45) is 4.42. The summed E-state index contributed by atoms with van der Waals surface area (Å²) < 4.78 is 0. The SMILES string of the molecule is O=C1CCC(N2Cc3cc(CN4CCC(c5ncnc6sc(-c7ccccc7)cc56)CC4)ccc3C2=O)C(=O)N1. The molecule has 40 heavy (non-hydrogen) atoms. The van der Waals surface area contributed by atoms with Crippen LogP contribution in [0.25, 0.3) is 20.7 Å². The van der Waals surface area contributed by atoms with E-state index in [0.717, 1.165) is 48.6 Å². The number of imide groups is 1. The molecule has 2 fully saturated rings. The second-order valence-electron chi connectivity index (χ2n) is 10.9. The van der Waals surface area contributed by atoms with Crippen LogP contribution in [0.15, 0.2) is 60.9 Å². The van der Waals surface area contributed by atoms with E-state index < -0.39 is 6.04 Å². The Kier molecular flexibility index (Phi) is 6.40. The molecule has 2 aromatic heterocycles. The molecule has 1 atom stereocenters. The van der Waals surface area contributed by atoms with Crippen molar-refractivity contribution in [1.82, 2.24) is 25.1 Å². The van der Waals surface area contributed by atoms with Crippen LogP contribution in [0.4, 0.5) is 0 Å². The number of likely N-dealkylation sites (tertiary alicyclic amines) is 1. The summed E-state index contributed by atoms with van der Waals surface area (Å²) in [6, 6.07) is 18.1. The molecule has 3 aliphatic heterocycles. The Labute approximate surface area is 236 Å². The van der Waals surface area contributed by atoms with Gasteiger partial charge in [0.1, 0.15) is 17.2 Å². The van der Waals surface area contributed by atoms with E-state index >= 15 is 0 Å². The van der Waals surface area contributed by atoms with Crippen molar-refractivity contribution < 1.29 is 14.4 Å². The minimum absolute atomic E-state index is 0.128. The van der Waals surface area contributed by atoms with Gasteiger partial charge in [-0.05, 0) is 61.2 Å². The molecule has 0 aliphatic carbocycles. The van der Waals surface area contributed by atoms with Crippen molar-refractivity contribution in [2.24, 2.45) is 0 Å². The molecule has 1 N–H and O–H groups in total. The Balaban J connectivity index is 1.01. The first-order valence-electron chi connectivity index (χ1n) is 13.8. The van der Waals surface area contributed by atoms with Gasteiger partial charge < -0.3 is 4.90 Å². The number of benzene rings is 2. The Morgan fingerprint density at radius 1 is 0.950 bits per heavy atom. The highest BCUT2D eigenvalue weighted by Gasteiger charge is 2.39. The van der Waals surface area contributed by atoms with E-state index in [4.69, 9.17) is 4.98 Å². The number of nitrogens with one attached hydrogen (secondary N) is 1. The molecule has 0 radical (unpaired) electrons. The molecule has 5 heterocycles. The Hall–Kier alpha value is -3.95. The quantitative estimate of drug-likeness (QED) is 0.367. The lowest BCUT2D eigenvalue weighted by Gasteiger charge is -2.32. The summed E-state index contributed by atoms with van der Waals surface area (Å²) >= 11 is 1.72. The van der Waals surface area contributed by atoms with Gasteiger partial charge in [0.2, 0.25) is 11.8 Å². The van der Waals surface area contributed by atoms with Crippen LogP contribution in [0.2, 0.25) is 0 Å². The first-order chi connectivity index (χ1) is 19.5. The molecule has 4 aromatic rings. The molecule has 7 rings (SSSR count). The van der Waals surface area contributed by atoms with Crippen LogP contribution in [0.3, 0.4) is 0 Å². The number of amides is 3. The van der Waals surface area contributed by atoms with Crippen molar-refractivity contribution in [1.29, 1.82) is 0 Å². The average molecular weight is 552 g/mol. The molecule has 2 aromatic carbocycles. The summed E-state index contributed by atoms with van der Waals surface area (Å²) in [6.45, 7) is 3.18. The van der Waals surface area contributed by atoms with Gasteiger partial charge in [0.15, 0.2) is 0 Å². The zero-order valence-electron chi connectivity index (χ0n) is 22.0. The van der Waals surface area contributed by atoms with Gasteiger partial charge in [-0.1, -0.05) is 42.5 Å². The molecule has 3 aliphatic rings. The highest BCUT2D eigenvalue weighted by Crippen LogP contribution is 2.38. The zero-order chi connectivity index (χ0) is 27.2. The summed E-state index contributed by atoms with van der Waals surface area (Å²) in [5.74, 6) is -0.371. The van der Waals surface area contributed by atoms with Crippen molar-refractivity contribution in [3.63, 3.8) is 0 Å². The van der Waals surface area contributed by atoms with Crippen molar-refractivity contribution in [2.45, 2.75) is 50.7 Å². The van der Waals surface area contributed by atoms with Gasteiger partial charge >= 0.3 is 0 Å². The van der Waals surface area contributed by atoms with E-state index in [1.54, 1.807) is 22.6 Å². The van der Waals surface area contributed by atoms with Gasteiger partial charge in [0, 0.05) is 41.3 Å². The number of aromatic nitrogens is 2. The Morgan fingerprint density at radius 3 is 2.58 bits per heavy atom. The monoisotopic (exact) mass is 551 g/mol. The maximum absolute atomic E-state index is 13.0. The van der Waals surface area contributed by atoms with Gasteiger partial charge in [-0.3, -0.25) is 24.6 Å². The first-order valence-corrected chi connectivity index (χ1v) is 14.6. The molecule has 3 amide bonds. The van der Waals surface area contributed by atoms with Crippen LogP contribution in [0.5, 0.6) is 0 Å². The number of thiophene rings is 1. The number of hydrogen-bond donors (Lipinski definition) is 1. The molecule has 0 spiro atoms. The van der Waals surface area contributed by atoms with Gasteiger partial charge in [-0.2, -0.15) is 0 Å². The van der Waals surface area contributed by atoms with E-state index in [0.29, 0.717) is 24.4 Å². The van der Waals surface area contributed by atoms with E-state index in [2.05, 4.69) is 51.6 Å². The van der Waals surface area contributed by atoms with Gasteiger partial charge in [-0.15, -0.1) is 11.3 Å². The lowest BCUT2D eigenvalue weighted by molar-refractivity contribution is -0.136. The van der Waals surface area contributed by atoms with Crippen LogP contribution in [0, 0.1) is 0 Å². The van der Waals surface area contributed by atoms with Crippen LogP contribution >= 0.6 is 11.3 Å². The summed E-state index contributed by atoms with van der Waals surface area (Å²) in [7, 11) is 0. The van der Waals surface area contributed by atoms with Crippen molar-refractivity contribution in [3.05, 3.63) is 83.3 Å². The Morgan fingerprint density at radius 2 is 1.77 bits per heavy atom. The normalized spacial score (nSPS) is 20.2. The van der Waals surface area contributed by atoms with E-state index in [1.165, 1.54) is 21.4 Å². The molecule has 0 bridgehead atoms. The molecule has 202 valence electrons. The maximum atomic E-state index is 13.0. The smallest absolute Gasteiger partial charge is 0.255 e. The lowest BCUT2D eigenvalue weighted by atomic mass is 9.91. The number of nitrogens with zero attached hydrogens (tertiary/aromatic N) is 4. The molecule has 2 saturated heterocycles. The second-order valence-corrected chi connectivity index (χ2v) is 11.9. The highest BCUT2D eigenvalue weighted by atomic mass is 32.1. The molecular formula is C31H29N5O3S. The topological polar surface area (TPSA) is 95.5 Å². The maximum Gasteiger partial charge on any atom is 0.255 e. The first kappa shape index (κ1) is 25.0. The van der Waals surface area contributed by atoms with Crippen molar-refractivity contribution >= 4 is 39.3 Å². The number of rotatable bonds is 5. The largest absolute Gasteiger partial charge is 0.322 e. The molecular weight excluding hydrogens is 522 g/mol. The third-order valence-electron chi connectivity index (χ3n) is 8.39. The fourth-order valence-electron chi connectivity index (χ4n) is 6.29. The third kappa shape index (κ3) is 4.59. The second kappa shape index (κ2) is 10.2. The fraction of sp³-hybridized carbons (Fsp3) is 0.323. The Bertz CT molecular complexity index is 1630.